The average Bonchev–Trinajstić information content (AvgIpc) is 2.61. The van der Waals surface area contributed by atoms with Crippen molar-refractivity contribution in [2.24, 2.45) is 5.92 Å². The van der Waals surface area contributed by atoms with E-state index in [0.717, 1.165) is 32.1 Å². The Kier molecular flexibility index (Phi) is 10.6. The molecule has 0 spiro atoms. The van der Waals surface area contributed by atoms with E-state index in [1.807, 2.05) is 13.0 Å². The number of carboxylic acid groups (broad SMARTS) is 1. The third-order valence-electron chi connectivity index (χ3n) is 4.44. The summed E-state index contributed by atoms with van der Waals surface area (Å²) in [5.74, 6) is -1.72. The Balaban J connectivity index is 2.57. The normalized spacial score (nSPS) is 13.2. The van der Waals surface area contributed by atoms with Crippen molar-refractivity contribution in [2.75, 3.05) is 0 Å². The van der Waals surface area contributed by atoms with Crippen LogP contribution in [0.15, 0.2) is 30.3 Å². The highest BCUT2D eigenvalue weighted by atomic mass is 16.6. The maximum Gasteiger partial charge on any atom is 0.349 e. The molecule has 25 heavy (non-hydrogen) atoms. The lowest BCUT2D eigenvalue weighted by atomic mass is 9.96. The van der Waals surface area contributed by atoms with E-state index in [1.54, 1.807) is 24.3 Å². The number of aliphatic carboxylic acids is 1. The number of carbonyl (C=O) groups is 2. The van der Waals surface area contributed by atoms with E-state index in [0.29, 0.717) is 5.56 Å². The Bertz CT molecular complexity index is 498. The van der Waals surface area contributed by atoms with Crippen LogP contribution in [-0.4, -0.2) is 17.0 Å². The third-order valence-corrected chi connectivity index (χ3v) is 4.44. The smallest absolute Gasteiger partial charge is 0.349 e. The molecule has 1 aromatic rings. The SMILES string of the molecule is CCCCCCCCC(CCC)C(=O)O[C@@H](C(=O)O)c1ccccc1. The summed E-state index contributed by atoms with van der Waals surface area (Å²) in [4.78, 5) is 24.0. The van der Waals surface area contributed by atoms with E-state index in [2.05, 4.69) is 6.92 Å². The van der Waals surface area contributed by atoms with Crippen LogP contribution in [0.1, 0.15) is 83.3 Å². The van der Waals surface area contributed by atoms with Gasteiger partial charge in [-0.05, 0) is 12.8 Å². The quantitative estimate of drug-likeness (QED) is 0.376. The van der Waals surface area contributed by atoms with E-state index in [1.165, 1.54) is 25.7 Å². The molecular weight excluding hydrogens is 316 g/mol. The van der Waals surface area contributed by atoms with E-state index in [-0.39, 0.29) is 11.9 Å². The number of rotatable bonds is 13. The molecule has 4 nitrogen and oxygen atoms in total. The van der Waals surface area contributed by atoms with Crippen LogP contribution in [0.3, 0.4) is 0 Å². The molecule has 4 heteroatoms. The number of esters is 1. The Morgan fingerprint density at radius 1 is 0.920 bits per heavy atom. The molecule has 140 valence electrons. The molecule has 0 aliphatic rings. The first-order valence-electron chi connectivity index (χ1n) is 9.58. The summed E-state index contributed by atoms with van der Waals surface area (Å²) >= 11 is 0. The molecule has 1 N–H and O–H groups in total. The average molecular weight is 348 g/mol. The molecule has 1 aromatic carbocycles. The van der Waals surface area contributed by atoms with Crippen LogP contribution in [-0.2, 0) is 14.3 Å². The van der Waals surface area contributed by atoms with Crippen molar-refractivity contribution >= 4 is 11.9 Å². The van der Waals surface area contributed by atoms with Gasteiger partial charge in [-0.1, -0.05) is 89.1 Å². The van der Waals surface area contributed by atoms with Gasteiger partial charge in [-0.3, -0.25) is 4.79 Å². The van der Waals surface area contributed by atoms with Crippen LogP contribution in [0.4, 0.5) is 0 Å². The minimum absolute atomic E-state index is 0.207. The van der Waals surface area contributed by atoms with Gasteiger partial charge < -0.3 is 9.84 Å². The van der Waals surface area contributed by atoms with Gasteiger partial charge in [0.1, 0.15) is 0 Å². The lowest BCUT2D eigenvalue weighted by molar-refractivity contribution is -0.168. The Morgan fingerprint density at radius 3 is 2.16 bits per heavy atom. The van der Waals surface area contributed by atoms with Crippen LogP contribution < -0.4 is 0 Å². The lowest BCUT2D eigenvalue weighted by Gasteiger charge is -2.19. The summed E-state index contributed by atoms with van der Waals surface area (Å²) < 4.78 is 5.37. The van der Waals surface area contributed by atoms with Crippen molar-refractivity contribution < 1.29 is 19.4 Å². The molecule has 0 heterocycles. The highest BCUT2D eigenvalue weighted by Gasteiger charge is 2.28. The first-order valence-corrected chi connectivity index (χ1v) is 9.58. The molecule has 0 saturated heterocycles. The second kappa shape index (κ2) is 12.5. The summed E-state index contributed by atoms with van der Waals surface area (Å²) in [6, 6.07) is 8.66. The van der Waals surface area contributed by atoms with Crippen molar-refractivity contribution in [1.82, 2.24) is 0 Å². The molecule has 0 amide bonds. The highest BCUT2D eigenvalue weighted by Crippen LogP contribution is 2.24. The summed E-state index contributed by atoms with van der Waals surface area (Å²) in [5.41, 5.74) is 0.498. The maximum atomic E-state index is 12.5. The number of ether oxygens (including phenoxy) is 1. The van der Waals surface area contributed by atoms with Crippen LogP contribution in [0.25, 0.3) is 0 Å². The van der Waals surface area contributed by atoms with Crippen molar-refractivity contribution in [2.45, 2.75) is 77.7 Å². The molecule has 0 aromatic heterocycles. The summed E-state index contributed by atoms with van der Waals surface area (Å²) in [6.07, 6.45) is 8.23. The van der Waals surface area contributed by atoms with E-state index in [9.17, 15) is 14.7 Å². The number of hydrogen-bond donors (Lipinski definition) is 1. The molecule has 2 atom stereocenters. The largest absolute Gasteiger partial charge is 0.478 e. The second-order valence-corrected chi connectivity index (χ2v) is 6.61. The van der Waals surface area contributed by atoms with Gasteiger partial charge in [-0.2, -0.15) is 0 Å². The van der Waals surface area contributed by atoms with E-state index < -0.39 is 12.1 Å². The Morgan fingerprint density at radius 2 is 1.56 bits per heavy atom. The second-order valence-electron chi connectivity index (χ2n) is 6.61. The lowest BCUT2D eigenvalue weighted by Crippen LogP contribution is -2.24. The van der Waals surface area contributed by atoms with Crippen LogP contribution in [0.5, 0.6) is 0 Å². The molecular formula is C21H32O4. The fraction of sp³-hybridized carbons (Fsp3) is 0.619. The summed E-state index contributed by atoms with van der Waals surface area (Å²) in [7, 11) is 0. The molecule has 0 saturated carbocycles. The van der Waals surface area contributed by atoms with Gasteiger partial charge in [0.15, 0.2) is 0 Å². The van der Waals surface area contributed by atoms with Gasteiger partial charge in [0, 0.05) is 5.56 Å². The topological polar surface area (TPSA) is 63.6 Å². The number of hydrogen-bond acceptors (Lipinski definition) is 3. The van der Waals surface area contributed by atoms with Crippen LogP contribution in [0, 0.1) is 5.92 Å². The maximum absolute atomic E-state index is 12.5. The zero-order valence-corrected chi connectivity index (χ0v) is 15.6. The minimum atomic E-state index is -1.22. The number of carbonyl (C=O) groups excluding carboxylic acids is 1. The third kappa shape index (κ3) is 8.19. The Labute approximate surface area is 151 Å². The summed E-state index contributed by atoms with van der Waals surface area (Å²) in [6.45, 7) is 4.23. The van der Waals surface area contributed by atoms with Crippen LogP contribution in [0.2, 0.25) is 0 Å². The fourth-order valence-corrected chi connectivity index (χ4v) is 3.00. The summed E-state index contributed by atoms with van der Waals surface area (Å²) in [5, 5.41) is 9.41. The van der Waals surface area contributed by atoms with Gasteiger partial charge in [-0.25, -0.2) is 4.79 Å². The molecule has 0 bridgehead atoms. The van der Waals surface area contributed by atoms with Gasteiger partial charge in [0.2, 0.25) is 6.10 Å². The zero-order chi connectivity index (χ0) is 18.5. The molecule has 0 radical (unpaired) electrons. The van der Waals surface area contributed by atoms with Crippen molar-refractivity contribution in [1.29, 1.82) is 0 Å². The Hall–Kier alpha value is -1.84. The van der Waals surface area contributed by atoms with Gasteiger partial charge >= 0.3 is 11.9 Å². The highest BCUT2D eigenvalue weighted by molar-refractivity contribution is 5.80. The predicted molar refractivity (Wildman–Crippen MR) is 99.3 cm³/mol. The van der Waals surface area contributed by atoms with Crippen molar-refractivity contribution in [3.8, 4) is 0 Å². The predicted octanol–water partition coefficient (Wildman–Crippen LogP) is 5.52. The molecule has 0 aliphatic carbocycles. The molecule has 1 rings (SSSR count). The van der Waals surface area contributed by atoms with E-state index in [4.69, 9.17) is 4.74 Å². The monoisotopic (exact) mass is 348 g/mol. The molecule has 0 aliphatic heterocycles. The number of carboxylic acids is 1. The molecule has 1 unspecified atom stereocenters. The van der Waals surface area contributed by atoms with Gasteiger partial charge in [-0.15, -0.1) is 0 Å². The zero-order valence-electron chi connectivity index (χ0n) is 15.6. The van der Waals surface area contributed by atoms with Gasteiger partial charge in [0.25, 0.3) is 0 Å². The van der Waals surface area contributed by atoms with E-state index >= 15 is 0 Å². The van der Waals surface area contributed by atoms with Gasteiger partial charge in [0.05, 0.1) is 5.92 Å². The van der Waals surface area contributed by atoms with Crippen molar-refractivity contribution in [3.63, 3.8) is 0 Å². The minimum Gasteiger partial charge on any atom is -0.478 e. The standard InChI is InChI=1S/C21H32O4/c1-3-5-6-7-8-10-16-18(13-4-2)21(24)25-19(20(22)23)17-14-11-9-12-15-17/h9,11-12,14-15,18-19H,3-8,10,13,16H2,1-2H3,(H,22,23)/t18?,19-/m1/s1. The fourth-order valence-electron chi connectivity index (χ4n) is 3.00. The van der Waals surface area contributed by atoms with Crippen LogP contribution >= 0.6 is 0 Å². The first kappa shape index (κ1) is 21.2. The number of unbranched alkanes of at least 4 members (excludes halogenated alkanes) is 5. The number of benzene rings is 1. The van der Waals surface area contributed by atoms with Crippen molar-refractivity contribution in [3.05, 3.63) is 35.9 Å². The first-order chi connectivity index (χ1) is 12.1. The molecule has 0 fully saturated rings.